The first-order valence-corrected chi connectivity index (χ1v) is 7.31. The van der Waals surface area contributed by atoms with Gasteiger partial charge in [0.25, 0.3) is 0 Å². The molecule has 19 heavy (non-hydrogen) atoms. The van der Waals surface area contributed by atoms with Crippen LogP contribution in [0.25, 0.3) is 0 Å². The molecule has 0 aliphatic heterocycles. The lowest BCUT2D eigenvalue weighted by Gasteiger charge is -2.15. The third-order valence-electron chi connectivity index (χ3n) is 3.30. The summed E-state index contributed by atoms with van der Waals surface area (Å²) < 4.78 is 0. The summed E-state index contributed by atoms with van der Waals surface area (Å²) >= 11 is 0. The van der Waals surface area contributed by atoms with E-state index in [2.05, 4.69) is 43.5 Å². The van der Waals surface area contributed by atoms with E-state index in [0.717, 1.165) is 31.4 Å². The lowest BCUT2D eigenvalue weighted by atomic mass is 10.1. The Hall–Kier alpha value is -1.51. The van der Waals surface area contributed by atoms with Crippen molar-refractivity contribution in [2.24, 2.45) is 0 Å². The third kappa shape index (κ3) is 5.77. The van der Waals surface area contributed by atoms with Gasteiger partial charge in [0, 0.05) is 11.7 Å². The fourth-order valence-corrected chi connectivity index (χ4v) is 2.03. The molecular formula is C16H26N2O. The molecule has 0 aromatic heterocycles. The molecule has 1 rings (SSSR count). The van der Waals surface area contributed by atoms with Crippen molar-refractivity contribution < 1.29 is 4.79 Å². The van der Waals surface area contributed by atoms with E-state index in [1.54, 1.807) is 0 Å². The maximum atomic E-state index is 11.7. The van der Waals surface area contributed by atoms with E-state index >= 15 is 0 Å². The Morgan fingerprint density at radius 3 is 2.26 bits per heavy atom. The number of aryl methyl sites for hydroxylation is 1. The molecule has 106 valence electrons. The van der Waals surface area contributed by atoms with E-state index in [4.69, 9.17) is 0 Å². The van der Waals surface area contributed by atoms with E-state index < -0.39 is 0 Å². The molecule has 0 aliphatic carbocycles. The molecule has 1 aromatic carbocycles. The van der Waals surface area contributed by atoms with Crippen molar-refractivity contribution in [3.63, 3.8) is 0 Å². The monoisotopic (exact) mass is 262 g/mol. The van der Waals surface area contributed by atoms with E-state index in [-0.39, 0.29) is 5.91 Å². The zero-order valence-corrected chi connectivity index (χ0v) is 12.3. The molecule has 1 aromatic rings. The van der Waals surface area contributed by atoms with Crippen molar-refractivity contribution in [1.82, 2.24) is 5.32 Å². The molecule has 0 saturated carbocycles. The maximum Gasteiger partial charge on any atom is 0.239 e. The largest absolute Gasteiger partial charge is 0.376 e. The summed E-state index contributed by atoms with van der Waals surface area (Å²) in [6, 6.07) is 8.60. The summed E-state index contributed by atoms with van der Waals surface area (Å²) in [4.78, 5) is 11.7. The van der Waals surface area contributed by atoms with Crippen molar-refractivity contribution in [2.45, 2.75) is 52.5 Å². The average Bonchev–Trinajstić information content (AvgIpc) is 2.44. The van der Waals surface area contributed by atoms with Crippen molar-refractivity contribution >= 4 is 11.6 Å². The molecule has 0 radical (unpaired) electrons. The van der Waals surface area contributed by atoms with Crippen LogP contribution in [0, 0.1) is 0 Å². The Morgan fingerprint density at radius 2 is 1.74 bits per heavy atom. The van der Waals surface area contributed by atoms with Crippen LogP contribution in [0.3, 0.4) is 0 Å². The summed E-state index contributed by atoms with van der Waals surface area (Å²) in [6.45, 7) is 6.70. The van der Waals surface area contributed by atoms with Gasteiger partial charge in [-0.1, -0.05) is 39.3 Å². The summed E-state index contributed by atoms with van der Waals surface area (Å²) in [5.74, 6) is 0.0614. The molecule has 0 aliphatic rings. The van der Waals surface area contributed by atoms with Crippen molar-refractivity contribution in [1.29, 1.82) is 0 Å². The highest BCUT2D eigenvalue weighted by Gasteiger charge is 2.07. The van der Waals surface area contributed by atoms with Crippen LogP contribution < -0.4 is 10.6 Å². The van der Waals surface area contributed by atoms with Gasteiger partial charge in [-0.05, 0) is 37.0 Å². The Balaban J connectivity index is 2.37. The van der Waals surface area contributed by atoms with Gasteiger partial charge in [-0.25, -0.2) is 0 Å². The molecule has 0 atom stereocenters. The minimum absolute atomic E-state index is 0.0614. The molecule has 0 unspecified atom stereocenters. The molecule has 0 saturated heterocycles. The minimum atomic E-state index is 0.0614. The number of amides is 1. The standard InChI is InChI=1S/C16H26N2O/c1-4-7-13-8-10-15(11-9-13)17-12-16(19)18-14(5-2)6-3/h8-11,14,17H,4-7,12H2,1-3H3,(H,18,19). The molecule has 1 amide bonds. The quantitative estimate of drug-likeness (QED) is 0.754. The van der Waals surface area contributed by atoms with Crippen LogP contribution in [-0.4, -0.2) is 18.5 Å². The number of anilines is 1. The summed E-state index contributed by atoms with van der Waals surface area (Å²) in [7, 11) is 0. The smallest absolute Gasteiger partial charge is 0.239 e. The van der Waals surface area contributed by atoms with Crippen LogP contribution >= 0.6 is 0 Å². The zero-order chi connectivity index (χ0) is 14.1. The Bertz CT molecular complexity index is 369. The van der Waals surface area contributed by atoms with E-state index in [0.29, 0.717) is 12.6 Å². The number of carbonyl (C=O) groups excluding carboxylic acids is 1. The van der Waals surface area contributed by atoms with Gasteiger partial charge in [0.05, 0.1) is 6.54 Å². The van der Waals surface area contributed by atoms with Crippen molar-refractivity contribution in [3.8, 4) is 0 Å². The molecular weight excluding hydrogens is 236 g/mol. The van der Waals surface area contributed by atoms with Crippen LogP contribution in [0.15, 0.2) is 24.3 Å². The Kier molecular flexibility index (Phi) is 7.01. The molecule has 3 nitrogen and oxygen atoms in total. The van der Waals surface area contributed by atoms with Gasteiger partial charge in [0.15, 0.2) is 0 Å². The minimum Gasteiger partial charge on any atom is -0.376 e. The van der Waals surface area contributed by atoms with E-state index in [1.807, 2.05) is 12.1 Å². The zero-order valence-electron chi connectivity index (χ0n) is 12.3. The molecule has 0 bridgehead atoms. The first kappa shape index (κ1) is 15.5. The van der Waals surface area contributed by atoms with Crippen molar-refractivity contribution in [2.75, 3.05) is 11.9 Å². The van der Waals surface area contributed by atoms with Crippen LogP contribution in [-0.2, 0) is 11.2 Å². The first-order valence-electron chi connectivity index (χ1n) is 7.31. The fraction of sp³-hybridized carbons (Fsp3) is 0.562. The van der Waals surface area contributed by atoms with Crippen molar-refractivity contribution in [3.05, 3.63) is 29.8 Å². The van der Waals surface area contributed by atoms with Crippen LogP contribution in [0.5, 0.6) is 0 Å². The second-order valence-corrected chi connectivity index (χ2v) is 4.88. The SMILES string of the molecule is CCCc1ccc(NCC(=O)NC(CC)CC)cc1. The highest BCUT2D eigenvalue weighted by Crippen LogP contribution is 2.10. The number of hydrogen-bond acceptors (Lipinski definition) is 2. The Morgan fingerprint density at radius 1 is 1.11 bits per heavy atom. The topological polar surface area (TPSA) is 41.1 Å². The molecule has 0 spiro atoms. The van der Waals surface area contributed by atoms with Gasteiger partial charge < -0.3 is 10.6 Å². The van der Waals surface area contributed by atoms with Crippen LogP contribution in [0.2, 0.25) is 0 Å². The average molecular weight is 262 g/mol. The van der Waals surface area contributed by atoms with Crippen LogP contribution in [0.4, 0.5) is 5.69 Å². The third-order valence-corrected chi connectivity index (χ3v) is 3.30. The van der Waals surface area contributed by atoms with Gasteiger partial charge in [-0.15, -0.1) is 0 Å². The maximum absolute atomic E-state index is 11.7. The van der Waals surface area contributed by atoms with Gasteiger partial charge in [-0.3, -0.25) is 4.79 Å². The van der Waals surface area contributed by atoms with Gasteiger partial charge in [-0.2, -0.15) is 0 Å². The number of carbonyl (C=O) groups is 1. The number of hydrogen-bond donors (Lipinski definition) is 2. The second-order valence-electron chi connectivity index (χ2n) is 4.88. The lowest BCUT2D eigenvalue weighted by Crippen LogP contribution is -2.37. The molecule has 0 fully saturated rings. The number of benzene rings is 1. The highest BCUT2D eigenvalue weighted by molar-refractivity contribution is 5.80. The predicted octanol–water partition coefficient (Wildman–Crippen LogP) is 3.36. The van der Waals surface area contributed by atoms with E-state index in [9.17, 15) is 4.79 Å². The predicted molar refractivity (Wildman–Crippen MR) is 81.4 cm³/mol. The Labute approximate surface area is 116 Å². The summed E-state index contributed by atoms with van der Waals surface area (Å²) in [6.07, 6.45) is 4.22. The summed E-state index contributed by atoms with van der Waals surface area (Å²) in [5.41, 5.74) is 2.34. The fourth-order valence-electron chi connectivity index (χ4n) is 2.03. The van der Waals surface area contributed by atoms with Gasteiger partial charge >= 0.3 is 0 Å². The molecule has 2 N–H and O–H groups in total. The van der Waals surface area contributed by atoms with Gasteiger partial charge in [0.1, 0.15) is 0 Å². The lowest BCUT2D eigenvalue weighted by molar-refractivity contribution is -0.120. The summed E-state index contributed by atoms with van der Waals surface area (Å²) in [5, 5.41) is 6.17. The molecule has 0 heterocycles. The normalized spacial score (nSPS) is 10.5. The molecule has 3 heteroatoms. The van der Waals surface area contributed by atoms with E-state index in [1.165, 1.54) is 5.56 Å². The number of nitrogens with one attached hydrogen (secondary N) is 2. The van der Waals surface area contributed by atoms with Crippen LogP contribution in [0.1, 0.15) is 45.6 Å². The second kappa shape index (κ2) is 8.57. The van der Waals surface area contributed by atoms with Gasteiger partial charge in [0.2, 0.25) is 5.91 Å². The number of rotatable bonds is 8. The first-order chi connectivity index (χ1) is 9.19. The highest BCUT2D eigenvalue weighted by atomic mass is 16.1.